The molecule has 0 aromatic rings. The number of hydrogen-bond donors (Lipinski definition) is 0. The van der Waals surface area contributed by atoms with Crippen molar-refractivity contribution in [1.82, 2.24) is 0 Å². The number of esters is 2. The van der Waals surface area contributed by atoms with Crippen LogP contribution in [-0.2, 0) is 19.1 Å². The summed E-state index contributed by atoms with van der Waals surface area (Å²) >= 11 is 0. The summed E-state index contributed by atoms with van der Waals surface area (Å²) in [4.78, 5) is 23.6. The number of unbranched alkanes of at least 4 members (excludes halogenated alkanes) is 9. The van der Waals surface area contributed by atoms with Gasteiger partial charge in [-0.2, -0.15) is 12.8 Å². The summed E-state index contributed by atoms with van der Waals surface area (Å²) in [6.07, 6.45) is 29.5. The SMILES string of the molecule is [CH2-]CCCCCCC(=O)OCC12CCC(CC1)CC2.[CH2-]CCCCCCCC(=O)OCC12CCC(CC1)CC2.[Li+]. The van der Waals surface area contributed by atoms with Crippen LogP contribution in [0.25, 0.3) is 0 Å². The molecule has 0 aromatic heterocycles. The third-order valence-corrected chi connectivity index (χ3v) is 10.6. The summed E-state index contributed by atoms with van der Waals surface area (Å²) < 4.78 is 11.1. The Morgan fingerprint density at radius 2 is 0.825 bits per heavy atom. The molecule has 0 aromatic carbocycles. The average molecular weight is 552 g/mol. The van der Waals surface area contributed by atoms with Crippen LogP contribution in [0.4, 0.5) is 0 Å². The van der Waals surface area contributed by atoms with Crippen LogP contribution >= 0.6 is 0 Å². The van der Waals surface area contributed by atoms with E-state index in [0.717, 1.165) is 50.4 Å². The van der Waals surface area contributed by atoms with Gasteiger partial charge in [0.25, 0.3) is 0 Å². The van der Waals surface area contributed by atoms with E-state index in [1.165, 1.54) is 109 Å². The summed E-state index contributed by atoms with van der Waals surface area (Å²) in [5.74, 6) is 2.01. The van der Waals surface area contributed by atoms with Crippen molar-refractivity contribution in [2.75, 3.05) is 13.2 Å². The van der Waals surface area contributed by atoms with Gasteiger partial charge in [-0.05, 0) is 102 Å². The van der Waals surface area contributed by atoms with Gasteiger partial charge in [0, 0.05) is 23.7 Å². The van der Waals surface area contributed by atoms with Gasteiger partial charge in [0.1, 0.15) is 0 Å². The first-order valence-electron chi connectivity index (χ1n) is 16.9. The number of carbonyl (C=O) groups is 2. The Morgan fingerprint density at radius 3 is 1.15 bits per heavy atom. The number of ether oxygens (including phenoxy) is 2. The number of fused-ring (bicyclic) bond motifs is 6. The van der Waals surface area contributed by atoms with Crippen LogP contribution in [0.5, 0.6) is 0 Å². The maximum Gasteiger partial charge on any atom is 1.00 e. The van der Waals surface area contributed by atoms with Gasteiger partial charge < -0.3 is 23.3 Å². The predicted octanol–water partition coefficient (Wildman–Crippen LogP) is 6.74. The second kappa shape index (κ2) is 19.7. The van der Waals surface area contributed by atoms with Gasteiger partial charge in [-0.15, -0.1) is 0 Å². The van der Waals surface area contributed by atoms with E-state index in [9.17, 15) is 9.59 Å². The predicted molar refractivity (Wildman–Crippen MR) is 160 cm³/mol. The fourth-order valence-electron chi connectivity index (χ4n) is 7.50. The standard InChI is InChI=1S/C18H31O2.C17H29O2.Li/c1-2-3-4-5-6-7-8-17(19)20-15-18-12-9-16(10-13-18)11-14-18;1-2-3-4-5-6-7-16(18)19-14-17-11-8-15(9-12-17)10-13-17;/h16H,1-15H2;15H,1-14H2;/q2*-1;+1. The summed E-state index contributed by atoms with van der Waals surface area (Å²) in [6, 6.07) is 0. The van der Waals surface area contributed by atoms with Crippen LogP contribution in [0.2, 0.25) is 0 Å². The first-order chi connectivity index (χ1) is 19.0. The molecule has 0 atom stereocenters. The van der Waals surface area contributed by atoms with Crippen molar-refractivity contribution < 1.29 is 37.9 Å². The molecular formula is C35H60LiO4-. The molecule has 6 saturated carbocycles. The fraction of sp³-hybridized carbons (Fsp3) is 0.886. The minimum atomic E-state index is 0. The largest absolute Gasteiger partial charge is 1.00 e. The van der Waals surface area contributed by atoms with Gasteiger partial charge in [-0.3, -0.25) is 9.59 Å². The molecule has 4 bridgehead atoms. The molecule has 0 saturated heterocycles. The number of carbonyl (C=O) groups excluding carboxylic acids is 2. The van der Waals surface area contributed by atoms with E-state index in [-0.39, 0.29) is 30.8 Å². The molecular weight excluding hydrogens is 491 g/mol. The summed E-state index contributed by atoms with van der Waals surface area (Å²) in [6.45, 7) is 9.06. The molecule has 6 aliphatic rings. The van der Waals surface area contributed by atoms with E-state index in [2.05, 4.69) is 13.8 Å². The maximum absolute atomic E-state index is 11.8. The second-order valence-electron chi connectivity index (χ2n) is 13.7. The Morgan fingerprint density at radius 1 is 0.525 bits per heavy atom. The first kappa shape index (κ1) is 35.7. The van der Waals surface area contributed by atoms with Crippen LogP contribution in [0.1, 0.15) is 161 Å². The molecule has 0 unspecified atom stereocenters. The zero-order valence-corrected chi connectivity index (χ0v) is 26.3. The summed E-state index contributed by atoms with van der Waals surface area (Å²) in [7, 11) is 0. The van der Waals surface area contributed by atoms with Gasteiger partial charge in [0.15, 0.2) is 0 Å². The maximum atomic E-state index is 11.8. The van der Waals surface area contributed by atoms with Crippen LogP contribution in [0.3, 0.4) is 0 Å². The van der Waals surface area contributed by atoms with Gasteiger partial charge in [-0.25, -0.2) is 0 Å². The zero-order valence-electron chi connectivity index (χ0n) is 26.3. The van der Waals surface area contributed by atoms with Crippen LogP contribution in [-0.4, -0.2) is 25.2 Å². The number of hydrogen-bond acceptors (Lipinski definition) is 4. The fourth-order valence-corrected chi connectivity index (χ4v) is 7.50. The topological polar surface area (TPSA) is 52.6 Å². The molecule has 0 aliphatic heterocycles. The third kappa shape index (κ3) is 12.8. The summed E-state index contributed by atoms with van der Waals surface area (Å²) in [5.41, 5.74) is 0.719. The minimum absolute atomic E-state index is 0. The van der Waals surface area contributed by atoms with Crippen molar-refractivity contribution in [1.29, 1.82) is 0 Å². The molecule has 6 aliphatic carbocycles. The molecule has 0 amide bonds. The molecule has 6 rings (SSSR count). The van der Waals surface area contributed by atoms with E-state index in [4.69, 9.17) is 9.47 Å². The monoisotopic (exact) mass is 551 g/mol. The first-order valence-corrected chi connectivity index (χ1v) is 16.9. The molecule has 0 spiro atoms. The Labute approximate surface area is 259 Å². The Hall–Kier alpha value is -0.463. The smallest absolute Gasteiger partial charge is 0.465 e. The molecule has 4 nitrogen and oxygen atoms in total. The van der Waals surface area contributed by atoms with E-state index >= 15 is 0 Å². The van der Waals surface area contributed by atoms with Crippen molar-refractivity contribution in [3.63, 3.8) is 0 Å². The second-order valence-corrected chi connectivity index (χ2v) is 13.7. The van der Waals surface area contributed by atoms with E-state index in [1.54, 1.807) is 0 Å². The van der Waals surface area contributed by atoms with Crippen LogP contribution < -0.4 is 18.9 Å². The third-order valence-electron chi connectivity index (χ3n) is 10.6. The van der Waals surface area contributed by atoms with Crippen molar-refractivity contribution in [2.24, 2.45) is 22.7 Å². The molecule has 226 valence electrons. The molecule has 40 heavy (non-hydrogen) atoms. The Bertz CT molecular complexity index is 664. The Balaban J connectivity index is 0.000000274. The van der Waals surface area contributed by atoms with Crippen molar-refractivity contribution in [2.45, 2.75) is 161 Å². The van der Waals surface area contributed by atoms with Crippen molar-refractivity contribution in [3.05, 3.63) is 13.8 Å². The molecule has 0 radical (unpaired) electrons. The molecule has 0 N–H and O–H groups in total. The average Bonchev–Trinajstić information content (AvgIpc) is 2.99. The van der Waals surface area contributed by atoms with Gasteiger partial charge in [0.2, 0.25) is 0 Å². The Kier molecular flexibility index (Phi) is 17.6. The van der Waals surface area contributed by atoms with Crippen LogP contribution in [0, 0.1) is 36.5 Å². The number of rotatable bonds is 17. The van der Waals surface area contributed by atoms with Gasteiger partial charge in [-0.1, -0.05) is 44.9 Å². The normalized spacial score (nSPS) is 28.2. The van der Waals surface area contributed by atoms with E-state index < -0.39 is 0 Å². The minimum Gasteiger partial charge on any atom is -0.465 e. The van der Waals surface area contributed by atoms with Crippen molar-refractivity contribution in [3.8, 4) is 0 Å². The molecule has 5 heteroatoms. The van der Waals surface area contributed by atoms with Gasteiger partial charge in [0.05, 0.1) is 13.2 Å². The van der Waals surface area contributed by atoms with E-state index in [0.29, 0.717) is 36.9 Å². The zero-order chi connectivity index (χ0) is 27.8. The molecule has 0 heterocycles. The van der Waals surface area contributed by atoms with Crippen molar-refractivity contribution >= 4 is 11.9 Å². The van der Waals surface area contributed by atoms with E-state index in [1.807, 2.05) is 0 Å². The summed E-state index contributed by atoms with van der Waals surface area (Å²) in [5, 5.41) is 0. The quantitative estimate of drug-likeness (QED) is 0.0869. The van der Waals surface area contributed by atoms with Crippen LogP contribution in [0.15, 0.2) is 0 Å². The molecule has 6 fully saturated rings. The van der Waals surface area contributed by atoms with Gasteiger partial charge >= 0.3 is 30.8 Å².